The van der Waals surface area contributed by atoms with Gasteiger partial charge in [-0.05, 0) is 0 Å². The first-order chi connectivity index (χ1) is 7.35. The van der Waals surface area contributed by atoms with Gasteiger partial charge in [0.2, 0.25) is 0 Å². The average molecular weight is 317 g/mol. The molecule has 0 radical (unpaired) electrons. The summed E-state index contributed by atoms with van der Waals surface area (Å²) in [6.45, 7) is 7.01. The van der Waals surface area contributed by atoms with Gasteiger partial charge in [0.15, 0.2) is 0 Å². The Kier molecular flexibility index (Phi) is 19.8. The number of hydrogen-bond acceptors (Lipinski definition) is 0. The first-order valence-corrected chi connectivity index (χ1v) is 13.7. The van der Waals surface area contributed by atoms with E-state index in [1.807, 2.05) is 0 Å². The van der Waals surface area contributed by atoms with Crippen LogP contribution in [0.4, 0.5) is 0 Å². The van der Waals surface area contributed by atoms with E-state index in [4.69, 9.17) is 0 Å². The Bertz CT molecular complexity index is 98.7. The fourth-order valence-electron chi connectivity index (χ4n) is 1.91. The number of unbranched alkanes of at least 4 members (excludes halogenated alkanes) is 3. The second-order valence-electron chi connectivity index (χ2n) is 4.29. The Morgan fingerprint density at radius 1 is 0.667 bits per heavy atom. The van der Waals surface area contributed by atoms with Crippen LogP contribution in [0.5, 0.6) is 0 Å². The SMILES string of the molecule is C#C.CCC[CH2][SnH]([CH2]CCC)[CH2]CCC. The molecule has 0 aliphatic heterocycles. The third-order valence-corrected chi connectivity index (χ3v) is 13.4. The first kappa shape index (κ1) is 17.7. The van der Waals surface area contributed by atoms with Crippen LogP contribution in [0, 0.1) is 12.8 Å². The predicted octanol–water partition coefficient (Wildman–Crippen LogP) is 4.86. The molecule has 0 amide bonds. The van der Waals surface area contributed by atoms with Gasteiger partial charge in [0.05, 0.1) is 0 Å². The second kappa shape index (κ2) is 16.8. The van der Waals surface area contributed by atoms with Crippen LogP contribution in [0.2, 0.25) is 13.3 Å². The predicted molar refractivity (Wildman–Crippen MR) is 76.2 cm³/mol. The van der Waals surface area contributed by atoms with E-state index < -0.39 is 19.8 Å². The van der Waals surface area contributed by atoms with Crippen molar-refractivity contribution in [3.8, 4) is 12.8 Å². The van der Waals surface area contributed by atoms with Crippen LogP contribution in [-0.4, -0.2) is 19.8 Å². The molecule has 0 atom stereocenters. The van der Waals surface area contributed by atoms with Gasteiger partial charge in [-0.25, -0.2) is 0 Å². The van der Waals surface area contributed by atoms with Crippen molar-refractivity contribution in [2.75, 3.05) is 0 Å². The second-order valence-corrected chi connectivity index (χ2v) is 14.2. The molecule has 0 aliphatic rings. The van der Waals surface area contributed by atoms with Crippen molar-refractivity contribution in [2.24, 2.45) is 0 Å². The molecule has 90 valence electrons. The standard InChI is InChI=1S/3C4H9.C2H2.Sn.H/c3*1-3-4-2;1-2;;/h3*1,3-4H2,2H3;1-2H;;. The molecular weight excluding hydrogens is 287 g/mol. The molecule has 0 aromatic heterocycles. The molecule has 0 bridgehead atoms. The molecule has 0 rings (SSSR count). The van der Waals surface area contributed by atoms with Crippen molar-refractivity contribution >= 4 is 19.8 Å². The molecular formula is C14H30Sn. The van der Waals surface area contributed by atoms with Gasteiger partial charge < -0.3 is 0 Å². The van der Waals surface area contributed by atoms with Crippen molar-refractivity contribution in [1.82, 2.24) is 0 Å². The summed E-state index contributed by atoms with van der Waals surface area (Å²) in [5.41, 5.74) is 0. The molecule has 1 heteroatoms. The molecule has 0 aliphatic carbocycles. The number of rotatable bonds is 9. The van der Waals surface area contributed by atoms with Crippen LogP contribution < -0.4 is 0 Å². The van der Waals surface area contributed by atoms with E-state index in [1.54, 1.807) is 13.3 Å². The summed E-state index contributed by atoms with van der Waals surface area (Å²) in [5.74, 6) is 0. The minimum atomic E-state index is -0.967. The molecule has 0 heterocycles. The van der Waals surface area contributed by atoms with Crippen LogP contribution >= 0.6 is 0 Å². The van der Waals surface area contributed by atoms with E-state index in [0.29, 0.717) is 0 Å². The molecule has 15 heavy (non-hydrogen) atoms. The van der Waals surface area contributed by atoms with Gasteiger partial charge in [0, 0.05) is 0 Å². The zero-order valence-corrected chi connectivity index (χ0v) is 14.4. The van der Waals surface area contributed by atoms with Crippen LogP contribution in [0.1, 0.15) is 59.3 Å². The van der Waals surface area contributed by atoms with E-state index in [9.17, 15) is 0 Å². The zero-order chi connectivity index (χ0) is 11.9. The van der Waals surface area contributed by atoms with Crippen molar-refractivity contribution in [3.05, 3.63) is 0 Å². The van der Waals surface area contributed by atoms with E-state index in [-0.39, 0.29) is 0 Å². The Morgan fingerprint density at radius 2 is 0.933 bits per heavy atom. The summed E-state index contributed by atoms with van der Waals surface area (Å²) >= 11 is -0.967. The summed E-state index contributed by atoms with van der Waals surface area (Å²) in [7, 11) is 0. The van der Waals surface area contributed by atoms with Gasteiger partial charge in [-0.2, -0.15) is 0 Å². The number of hydrogen-bond donors (Lipinski definition) is 0. The summed E-state index contributed by atoms with van der Waals surface area (Å²) in [6.07, 6.45) is 16.9. The number of terminal acetylenes is 1. The van der Waals surface area contributed by atoms with Gasteiger partial charge in [-0.15, -0.1) is 12.8 Å². The zero-order valence-electron chi connectivity index (χ0n) is 11.1. The first-order valence-electron chi connectivity index (χ1n) is 6.68. The van der Waals surface area contributed by atoms with Gasteiger partial charge in [0.1, 0.15) is 0 Å². The molecule has 0 saturated carbocycles. The van der Waals surface area contributed by atoms with Crippen LogP contribution in [0.3, 0.4) is 0 Å². The third kappa shape index (κ3) is 14.4. The van der Waals surface area contributed by atoms with Crippen molar-refractivity contribution < 1.29 is 0 Å². The van der Waals surface area contributed by atoms with Crippen molar-refractivity contribution in [3.63, 3.8) is 0 Å². The average Bonchev–Trinajstić information content (AvgIpc) is 2.31. The molecule has 0 spiro atoms. The van der Waals surface area contributed by atoms with E-state index in [1.165, 1.54) is 38.5 Å². The third-order valence-electron chi connectivity index (χ3n) is 2.90. The normalized spacial score (nSPS) is 9.73. The van der Waals surface area contributed by atoms with Gasteiger partial charge in [0.25, 0.3) is 0 Å². The molecule has 0 unspecified atom stereocenters. The van der Waals surface area contributed by atoms with E-state index >= 15 is 0 Å². The summed E-state index contributed by atoms with van der Waals surface area (Å²) in [6, 6.07) is 0. The Balaban J connectivity index is 0. The van der Waals surface area contributed by atoms with Crippen molar-refractivity contribution in [1.29, 1.82) is 0 Å². The molecule has 0 N–H and O–H groups in total. The van der Waals surface area contributed by atoms with Gasteiger partial charge >= 0.3 is 92.4 Å². The van der Waals surface area contributed by atoms with Crippen LogP contribution in [0.25, 0.3) is 0 Å². The molecule has 0 fully saturated rings. The maximum absolute atomic E-state index is 4.00. The van der Waals surface area contributed by atoms with Crippen LogP contribution in [-0.2, 0) is 0 Å². The Labute approximate surface area is 105 Å². The topological polar surface area (TPSA) is 0 Å². The monoisotopic (exact) mass is 318 g/mol. The maximum atomic E-state index is 4.00. The van der Waals surface area contributed by atoms with Crippen LogP contribution in [0.15, 0.2) is 0 Å². The fourth-order valence-corrected chi connectivity index (χ4v) is 12.8. The van der Waals surface area contributed by atoms with Gasteiger partial charge in [-0.1, -0.05) is 0 Å². The summed E-state index contributed by atoms with van der Waals surface area (Å²) in [4.78, 5) is 0. The molecule has 0 aromatic rings. The summed E-state index contributed by atoms with van der Waals surface area (Å²) < 4.78 is 5.08. The van der Waals surface area contributed by atoms with Gasteiger partial charge in [-0.3, -0.25) is 0 Å². The molecule has 0 nitrogen and oxygen atoms in total. The molecule has 0 aromatic carbocycles. The quantitative estimate of drug-likeness (QED) is 0.421. The Morgan fingerprint density at radius 3 is 1.13 bits per heavy atom. The van der Waals surface area contributed by atoms with E-state index in [2.05, 4.69) is 33.6 Å². The summed E-state index contributed by atoms with van der Waals surface area (Å²) in [5, 5.41) is 0. The molecule has 0 saturated heterocycles. The van der Waals surface area contributed by atoms with E-state index in [0.717, 1.165) is 0 Å². The fraction of sp³-hybridized carbons (Fsp3) is 0.857. The minimum absolute atomic E-state index is 0.967. The van der Waals surface area contributed by atoms with Crippen molar-refractivity contribution in [2.45, 2.75) is 72.6 Å². The Hall–Kier alpha value is 0.359.